The van der Waals surface area contributed by atoms with Gasteiger partial charge in [0.1, 0.15) is 11.8 Å². The molecule has 0 aliphatic carbocycles. The number of aryl methyl sites for hydroxylation is 1. The third kappa shape index (κ3) is 6.16. The van der Waals surface area contributed by atoms with E-state index in [0.29, 0.717) is 55.3 Å². The number of benzene rings is 2. The summed E-state index contributed by atoms with van der Waals surface area (Å²) in [6, 6.07) is 13.9. The monoisotopic (exact) mass is 465 g/mol. The molecule has 0 bridgehead atoms. The first-order chi connectivity index (χ1) is 16.3. The molecule has 2 N–H and O–H groups in total. The molecule has 0 spiro atoms. The first kappa shape index (κ1) is 25.3. The second-order valence-electron chi connectivity index (χ2n) is 9.23. The zero-order chi connectivity index (χ0) is 24.7. The van der Waals surface area contributed by atoms with Crippen molar-refractivity contribution in [3.63, 3.8) is 0 Å². The number of rotatable bonds is 8. The molecule has 1 atom stereocenters. The second kappa shape index (κ2) is 11.7. The Balaban J connectivity index is 1.71. The summed E-state index contributed by atoms with van der Waals surface area (Å²) in [5.74, 6) is 0.269. The van der Waals surface area contributed by atoms with E-state index in [2.05, 4.69) is 10.6 Å². The van der Waals surface area contributed by atoms with Gasteiger partial charge in [-0.25, -0.2) is 0 Å². The van der Waals surface area contributed by atoms with Crippen LogP contribution in [0.1, 0.15) is 53.0 Å². The molecule has 0 aromatic heterocycles. The molecule has 2 aromatic carbocycles. The average Bonchev–Trinajstić information content (AvgIpc) is 2.85. The first-order valence-corrected chi connectivity index (χ1v) is 11.9. The van der Waals surface area contributed by atoms with E-state index in [1.54, 1.807) is 30.2 Å². The molecule has 7 heteroatoms. The Morgan fingerprint density at radius 2 is 1.62 bits per heavy atom. The molecule has 1 heterocycles. The standard InChI is InChI=1S/C27H35N3O4/c1-18(2)17-28-26(32)24(29-25(31)21-10-6-5-9-19(21)3)20-13-15-30(16-14-20)27(33)22-11-7-8-12-23(22)34-4/h5-12,18,20,24H,13-17H2,1-4H3,(H,28,32)(H,29,31). The minimum Gasteiger partial charge on any atom is -0.496 e. The van der Waals surface area contributed by atoms with Crippen LogP contribution < -0.4 is 15.4 Å². The normalized spacial score (nSPS) is 15.0. The van der Waals surface area contributed by atoms with Crippen LogP contribution in [0.5, 0.6) is 5.75 Å². The molecule has 1 saturated heterocycles. The summed E-state index contributed by atoms with van der Waals surface area (Å²) in [7, 11) is 1.55. The number of hydrogen-bond acceptors (Lipinski definition) is 4. The summed E-state index contributed by atoms with van der Waals surface area (Å²) in [5, 5.41) is 5.96. The molecule has 0 saturated carbocycles. The van der Waals surface area contributed by atoms with E-state index < -0.39 is 6.04 Å². The Labute approximate surface area is 201 Å². The summed E-state index contributed by atoms with van der Waals surface area (Å²) < 4.78 is 5.34. The molecule has 2 aromatic rings. The third-order valence-electron chi connectivity index (χ3n) is 6.28. The van der Waals surface area contributed by atoms with Gasteiger partial charge >= 0.3 is 0 Å². The molecule has 1 aliphatic heterocycles. The zero-order valence-electron chi connectivity index (χ0n) is 20.5. The largest absolute Gasteiger partial charge is 0.496 e. The number of carbonyl (C=O) groups excluding carboxylic acids is 3. The lowest BCUT2D eigenvalue weighted by atomic mass is 9.88. The summed E-state index contributed by atoms with van der Waals surface area (Å²) >= 11 is 0. The van der Waals surface area contributed by atoms with E-state index >= 15 is 0 Å². The molecule has 1 unspecified atom stereocenters. The number of para-hydroxylation sites is 1. The van der Waals surface area contributed by atoms with E-state index in [1.807, 2.05) is 51.1 Å². The minimum absolute atomic E-state index is 0.0677. The fraction of sp³-hybridized carbons (Fsp3) is 0.444. The summed E-state index contributed by atoms with van der Waals surface area (Å²) in [5.41, 5.74) is 1.95. The first-order valence-electron chi connectivity index (χ1n) is 11.9. The van der Waals surface area contributed by atoms with E-state index in [-0.39, 0.29) is 23.6 Å². The van der Waals surface area contributed by atoms with Gasteiger partial charge in [0, 0.05) is 25.2 Å². The fourth-order valence-electron chi connectivity index (χ4n) is 4.29. The van der Waals surface area contributed by atoms with Crippen molar-refractivity contribution in [2.75, 3.05) is 26.7 Å². The van der Waals surface area contributed by atoms with Gasteiger partial charge < -0.3 is 20.3 Å². The average molecular weight is 466 g/mol. The third-order valence-corrected chi connectivity index (χ3v) is 6.28. The maximum Gasteiger partial charge on any atom is 0.257 e. The van der Waals surface area contributed by atoms with Gasteiger partial charge in [0.2, 0.25) is 5.91 Å². The number of amides is 3. The van der Waals surface area contributed by atoms with Crippen molar-refractivity contribution >= 4 is 17.7 Å². The van der Waals surface area contributed by atoms with Crippen molar-refractivity contribution in [3.8, 4) is 5.75 Å². The molecule has 1 fully saturated rings. The van der Waals surface area contributed by atoms with Crippen molar-refractivity contribution in [1.29, 1.82) is 0 Å². The number of ether oxygens (including phenoxy) is 1. The number of methoxy groups -OCH3 is 1. The Kier molecular flexibility index (Phi) is 8.68. The van der Waals surface area contributed by atoms with Gasteiger partial charge in [0.05, 0.1) is 12.7 Å². The fourth-order valence-corrected chi connectivity index (χ4v) is 4.29. The molecular formula is C27H35N3O4. The van der Waals surface area contributed by atoms with Gasteiger partial charge in [-0.05, 0) is 55.4 Å². The van der Waals surface area contributed by atoms with Crippen LogP contribution in [-0.2, 0) is 4.79 Å². The van der Waals surface area contributed by atoms with Crippen LogP contribution in [0.15, 0.2) is 48.5 Å². The van der Waals surface area contributed by atoms with Crippen LogP contribution in [0.4, 0.5) is 0 Å². The van der Waals surface area contributed by atoms with Gasteiger partial charge in [-0.1, -0.05) is 44.2 Å². The molecule has 182 valence electrons. The van der Waals surface area contributed by atoms with Gasteiger partial charge in [0.25, 0.3) is 11.8 Å². The molecule has 0 radical (unpaired) electrons. The van der Waals surface area contributed by atoms with Crippen LogP contribution in [0, 0.1) is 18.8 Å². The number of hydrogen-bond donors (Lipinski definition) is 2. The van der Waals surface area contributed by atoms with Crippen LogP contribution in [0.25, 0.3) is 0 Å². The predicted octanol–water partition coefficient (Wildman–Crippen LogP) is 3.43. The highest BCUT2D eigenvalue weighted by atomic mass is 16.5. The predicted molar refractivity (Wildman–Crippen MR) is 132 cm³/mol. The SMILES string of the molecule is COc1ccccc1C(=O)N1CCC(C(NC(=O)c2ccccc2C)C(=O)NCC(C)C)CC1. The van der Waals surface area contributed by atoms with Gasteiger partial charge in [-0.3, -0.25) is 14.4 Å². The van der Waals surface area contributed by atoms with Crippen LogP contribution in [0.3, 0.4) is 0 Å². The van der Waals surface area contributed by atoms with Crippen molar-refractivity contribution in [2.45, 2.75) is 39.7 Å². The molecule has 3 rings (SSSR count). The van der Waals surface area contributed by atoms with Gasteiger partial charge in [-0.15, -0.1) is 0 Å². The summed E-state index contributed by atoms with van der Waals surface area (Å²) in [4.78, 5) is 41.0. The molecule has 3 amide bonds. The highest BCUT2D eigenvalue weighted by molar-refractivity contribution is 5.99. The minimum atomic E-state index is -0.658. The lowest BCUT2D eigenvalue weighted by molar-refractivity contribution is -0.124. The van der Waals surface area contributed by atoms with E-state index in [0.717, 1.165) is 5.56 Å². The molecule has 1 aliphatic rings. The highest BCUT2D eigenvalue weighted by Crippen LogP contribution is 2.26. The highest BCUT2D eigenvalue weighted by Gasteiger charge is 2.34. The topological polar surface area (TPSA) is 87.7 Å². The van der Waals surface area contributed by atoms with Gasteiger partial charge in [0.15, 0.2) is 0 Å². The maximum absolute atomic E-state index is 13.1. The number of piperidine rings is 1. The molecule has 34 heavy (non-hydrogen) atoms. The Morgan fingerprint density at radius 1 is 1.00 bits per heavy atom. The summed E-state index contributed by atoms with van der Waals surface area (Å²) in [6.07, 6.45) is 1.24. The molecule has 7 nitrogen and oxygen atoms in total. The molecular weight excluding hydrogens is 430 g/mol. The van der Waals surface area contributed by atoms with Crippen LogP contribution in [0.2, 0.25) is 0 Å². The number of nitrogens with zero attached hydrogens (tertiary/aromatic N) is 1. The van der Waals surface area contributed by atoms with E-state index in [1.165, 1.54) is 0 Å². The quantitative estimate of drug-likeness (QED) is 0.625. The van der Waals surface area contributed by atoms with Crippen LogP contribution in [-0.4, -0.2) is 55.4 Å². The summed E-state index contributed by atoms with van der Waals surface area (Å²) in [6.45, 7) is 7.50. The van der Waals surface area contributed by atoms with Crippen LogP contribution >= 0.6 is 0 Å². The lowest BCUT2D eigenvalue weighted by Gasteiger charge is -2.36. The van der Waals surface area contributed by atoms with E-state index in [4.69, 9.17) is 4.74 Å². The Hall–Kier alpha value is -3.35. The zero-order valence-corrected chi connectivity index (χ0v) is 20.5. The van der Waals surface area contributed by atoms with Crippen molar-refractivity contribution in [3.05, 3.63) is 65.2 Å². The van der Waals surface area contributed by atoms with Crippen molar-refractivity contribution in [2.24, 2.45) is 11.8 Å². The number of likely N-dealkylation sites (tertiary alicyclic amines) is 1. The van der Waals surface area contributed by atoms with E-state index in [9.17, 15) is 14.4 Å². The van der Waals surface area contributed by atoms with Crippen molar-refractivity contribution < 1.29 is 19.1 Å². The number of nitrogens with one attached hydrogen (secondary N) is 2. The van der Waals surface area contributed by atoms with Crippen molar-refractivity contribution in [1.82, 2.24) is 15.5 Å². The lowest BCUT2D eigenvalue weighted by Crippen LogP contribution is -2.54. The number of carbonyl (C=O) groups is 3. The Bertz CT molecular complexity index is 1010. The maximum atomic E-state index is 13.1. The Morgan fingerprint density at radius 3 is 2.24 bits per heavy atom. The smallest absolute Gasteiger partial charge is 0.257 e. The van der Waals surface area contributed by atoms with Gasteiger partial charge in [-0.2, -0.15) is 0 Å². The second-order valence-corrected chi connectivity index (χ2v) is 9.23.